The maximum Gasteiger partial charge on any atom is 0.330 e. The lowest BCUT2D eigenvalue weighted by molar-refractivity contribution is -0.134. The molecule has 0 aliphatic heterocycles. The van der Waals surface area contributed by atoms with E-state index in [1.807, 2.05) is 24.3 Å². The minimum Gasteiger partial charge on any atom is -0.466 e. The van der Waals surface area contributed by atoms with Crippen molar-refractivity contribution in [2.24, 2.45) is 0 Å². The van der Waals surface area contributed by atoms with Gasteiger partial charge in [-0.1, -0.05) is 24.3 Å². The van der Waals surface area contributed by atoms with E-state index in [-0.39, 0.29) is 12.6 Å². The molecule has 3 nitrogen and oxygen atoms in total. The van der Waals surface area contributed by atoms with Gasteiger partial charge in [0.2, 0.25) is 0 Å². The van der Waals surface area contributed by atoms with E-state index in [2.05, 4.69) is 4.74 Å². The average Bonchev–Trinajstić information content (AvgIpc) is 2.34. The molecule has 1 aromatic carbocycles. The highest BCUT2D eigenvalue weighted by atomic mass is 16.5. The molecule has 0 aliphatic carbocycles. The fourth-order valence-electron chi connectivity index (χ4n) is 1.31. The van der Waals surface area contributed by atoms with Gasteiger partial charge in [0, 0.05) is 12.7 Å². The van der Waals surface area contributed by atoms with Gasteiger partial charge in [-0.15, -0.1) is 0 Å². The Kier molecular flexibility index (Phi) is 5.29. The second-order valence-corrected chi connectivity index (χ2v) is 3.43. The number of aryl methyl sites for hydroxylation is 1. The Balaban J connectivity index is 2.57. The van der Waals surface area contributed by atoms with E-state index in [0.717, 1.165) is 18.4 Å². The van der Waals surface area contributed by atoms with E-state index >= 15 is 0 Å². The number of carbonyl (C=O) groups excluding carboxylic acids is 1. The summed E-state index contributed by atoms with van der Waals surface area (Å²) in [5.74, 6) is -0.357. The Morgan fingerprint density at radius 2 is 2.06 bits per heavy atom. The highest BCUT2D eigenvalue weighted by molar-refractivity contribution is 5.86. The fraction of sp³-hybridized carbons (Fsp3) is 0.308. The van der Waals surface area contributed by atoms with Crippen molar-refractivity contribution in [3.8, 4) is 0 Å². The van der Waals surface area contributed by atoms with Crippen molar-refractivity contribution in [1.82, 2.24) is 0 Å². The number of carbonyl (C=O) groups is 1. The number of hydrogen-bond acceptors (Lipinski definition) is 3. The first-order valence-corrected chi connectivity index (χ1v) is 5.22. The molecule has 0 fully saturated rings. The summed E-state index contributed by atoms with van der Waals surface area (Å²) in [6.07, 6.45) is 4.75. The van der Waals surface area contributed by atoms with Gasteiger partial charge in [0.1, 0.15) is 0 Å². The minimum absolute atomic E-state index is 0.212. The largest absolute Gasteiger partial charge is 0.466 e. The number of aliphatic hydroxyl groups is 1. The molecule has 16 heavy (non-hydrogen) atoms. The Morgan fingerprint density at radius 1 is 1.38 bits per heavy atom. The molecule has 0 bridgehead atoms. The monoisotopic (exact) mass is 220 g/mol. The second-order valence-electron chi connectivity index (χ2n) is 3.43. The number of aliphatic hydroxyl groups excluding tert-OH is 1. The highest BCUT2D eigenvalue weighted by Crippen LogP contribution is 2.08. The third-order valence-electron chi connectivity index (χ3n) is 2.22. The Labute approximate surface area is 95.4 Å². The van der Waals surface area contributed by atoms with Gasteiger partial charge in [0.25, 0.3) is 0 Å². The van der Waals surface area contributed by atoms with Crippen LogP contribution in [-0.4, -0.2) is 24.8 Å². The zero-order chi connectivity index (χ0) is 11.8. The molecule has 0 aliphatic rings. The third kappa shape index (κ3) is 4.28. The standard InChI is InChI=1S/C13H16O3/c1-16-13(15)9-8-12-6-4-11(5-7-12)3-2-10-14/h4-9,14H,2-3,10H2,1H3. The van der Waals surface area contributed by atoms with Crippen molar-refractivity contribution in [2.45, 2.75) is 12.8 Å². The van der Waals surface area contributed by atoms with Gasteiger partial charge in [-0.3, -0.25) is 0 Å². The van der Waals surface area contributed by atoms with Crippen LogP contribution in [0.2, 0.25) is 0 Å². The van der Waals surface area contributed by atoms with Crippen LogP contribution in [0.5, 0.6) is 0 Å². The zero-order valence-corrected chi connectivity index (χ0v) is 9.35. The molecule has 0 amide bonds. The molecule has 0 atom stereocenters. The summed E-state index contributed by atoms with van der Waals surface area (Å²) >= 11 is 0. The molecule has 0 saturated carbocycles. The van der Waals surface area contributed by atoms with Crippen molar-refractivity contribution < 1.29 is 14.6 Å². The van der Waals surface area contributed by atoms with Crippen molar-refractivity contribution in [3.63, 3.8) is 0 Å². The molecule has 0 spiro atoms. The predicted molar refractivity (Wildman–Crippen MR) is 62.9 cm³/mol. The van der Waals surface area contributed by atoms with Crippen molar-refractivity contribution in [3.05, 3.63) is 41.5 Å². The summed E-state index contributed by atoms with van der Waals surface area (Å²) < 4.78 is 4.50. The number of esters is 1. The number of benzene rings is 1. The zero-order valence-electron chi connectivity index (χ0n) is 9.35. The average molecular weight is 220 g/mol. The van der Waals surface area contributed by atoms with Gasteiger partial charge in [-0.2, -0.15) is 0 Å². The van der Waals surface area contributed by atoms with Crippen LogP contribution in [0.25, 0.3) is 6.08 Å². The summed E-state index contributed by atoms with van der Waals surface area (Å²) in [6.45, 7) is 0.212. The summed E-state index contributed by atoms with van der Waals surface area (Å²) in [7, 11) is 1.35. The highest BCUT2D eigenvalue weighted by Gasteiger charge is 1.94. The summed E-state index contributed by atoms with van der Waals surface area (Å²) in [6, 6.07) is 7.86. The predicted octanol–water partition coefficient (Wildman–Crippen LogP) is 1.80. The van der Waals surface area contributed by atoms with Crippen LogP contribution in [-0.2, 0) is 16.0 Å². The van der Waals surface area contributed by atoms with Gasteiger partial charge < -0.3 is 9.84 Å². The lowest BCUT2D eigenvalue weighted by atomic mass is 10.1. The van der Waals surface area contributed by atoms with Crippen molar-refractivity contribution in [2.75, 3.05) is 13.7 Å². The van der Waals surface area contributed by atoms with E-state index in [0.29, 0.717) is 0 Å². The van der Waals surface area contributed by atoms with E-state index in [9.17, 15) is 4.79 Å². The Bertz CT molecular complexity index is 352. The number of methoxy groups -OCH3 is 1. The Morgan fingerprint density at radius 3 is 2.62 bits per heavy atom. The molecular weight excluding hydrogens is 204 g/mol. The van der Waals surface area contributed by atoms with Crippen LogP contribution in [0.15, 0.2) is 30.3 Å². The molecule has 86 valence electrons. The third-order valence-corrected chi connectivity index (χ3v) is 2.22. The summed E-state index contributed by atoms with van der Waals surface area (Å²) in [5.41, 5.74) is 2.14. The molecule has 3 heteroatoms. The molecular formula is C13H16O3. The first-order chi connectivity index (χ1) is 7.76. The number of rotatable bonds is 5. The van der Waals surface area contributed by atoms with Crippen LogP contribution in [0.3, 0.4) is 0 Å². The molecule has 1 aromatic rings. The van der Waals surface area contributed by atoms with Crippen LogP contribution < -0.4 is 0 Å². The maximum atomic E-state index is 10.9. The van der Waals surface area contributed by atoms with E-state index in [1.165, 1.54) is 18.7 Å². The van der Waals surface area contributed by atoms with Crippen LogP contribution >= 0.6 is 0 Å². The van der Waals surface area contributed by atoms with Gasteiger partial charge in [-0.25, -0.2) is 4.79 Å². The van der Waals surface area contributed by atoms with Gasteiger partial charge in [0.05, 0.1) is 7.11 Å². The normalized spacial score (nSPS) is 10.6. The number of hydrogen-bond donors (Lipinski definition) is 1. The molecule has 0 heterocycles. The molecule has 0 saturated heterocycles. The molecule has 1 N–H and O–H groups in total. The van der Waals surface area contributed by atoms with E-state index < -0.39 is 0 Å². The molecule has 0 aromatic heterocycles. The van der Waals surface area contributed by atoms with E-state index in [4.69, 9.17) is 5.11 Å². The number of ether oxygens (including phenoxy) is 1. The van der Waals surface area contributed by atoms with Crippen LogP contribution in [0, 0.1) is 0 Å². The quantitative estimate of drug-likeness (QED) is 0.608. The topological polar surface area (TPSA) is 46.5 Å². The smallest absolute Gasteiger partial charge is 0.330 e. The summed E-state index contributed by atoms with van der Waals surface area (Å²) in [4.78, 5) is 10.9. The van der Waals surface area contributed by atoms with Crippen LogP contribution in [0.4, 0.5) is 0 Å². The minimum atomic E-state index is -0.357. The lowest BCUT2D eigenvalue weighted by Crippen LogP contribution is -1.93. The first-order valence-electron chi connectivity index (χ1n) is 5.22. The maximum absolute atomic E-state index is 10.9. The molecule has 0 radical (unpaired) electrons. The van der Waals surface area contributed by atoms with Gasteiger partial charge >= 0.3 is 5.97 Å². The molecule has 0 unspecified atom stereocenters. The van der Waals surface area contributed by atoms with Crippen LogP contribution in [0.1, 0.15) is 17.5 Å². The van der Waals surface area contributed by atoms with Gasteiger partial charge in [-0.05, 0) is 30.0 Å². The Hall–Kier alpha value is -1.61. The SMILES string of the molecule is COC(=O)C=Cc1ccc(CCCO)cc1. The van der Waals surface area contributed by atoms with Crippen molar-refractivity contribution >= 4 is 12.0 Å². The summed E-state index contributed by atoms with van der Waals surface area (Å²) in [5, 5.41) is 8.69. The lowest BCUT2D eigenvalue weighted by Gasteiger charge is -2.00. The van der Waals surface area contributed by atoms with Gasteiger partial charge in [0.15, 0.2) is 0 Å². The van der Waals surface area contributed by atoms with E-state index in [1.54, 1.807) is 6.08 Å². The second kappa shape index (κ2) is 6.80. The molecule has 1 rings (SSSR count). The van der Waals surface area contributed by atoms with Crippen molar-refractivity contribution in [1.29, 1.82) is 0 Å². The first kappa shape index (κ1) is 12.5. The fourth-order valence-corrected chi connectivity index (χ4v) is 1.31.